The van der Waals surface area contributed by atoms with Gasteiger partial charge in [0.15, 0.2) is 11.3 Å². The van der Waals surface area contributed by atoms with Crippen LogP contribution in [0.5, 0.6) is 0 Å². The van der Waals surface area contributed by atoms with Gasteiger partial charge < -0.3 is 4.74 Å². The predicted octanol–water partition coefficient (Wildman–Crippen LogP) is 4.19. The molecule has 0 unspecified atom stereocenters. The van der Waals surface area contributed by atoms with Crippen LogP contribution in [0, 0.1) is 0 Å². The fourth-order valence-electron chi connectivity index (χ4n) is 3.06. The van der Waals surface area contributed by atoms with Crippen LogP contribution in [0.25, 0.3) is 16.9 Å². The minimum absolute atomic E-state index is 0.255. The van der Waals surface area contributed by atoms with E-state index in [1.165, 1.54) is 0 Å². The Hall–Kier alpha value is -2.67. The lowest BCUT2D eigenvalue weighted by atomic mass is 9.81. The van der Waals surface area contributed by atoms with Gasteiger partial charge in [-0.1, -0.05) is 37.6 Å². The molecule has 0 radical (unpaired) electrons. The molecule has 8 heteroatoms. The van der Waals surface area contributed by atoms with E-state index in [2.05, 4.69) is 26.4 Å². The van der Waals surface area contributed by atoms with E-state index in [4.69, 9.17) is 16.3 Å². The number of nitrogens with one attached hydrogen (secondary N) is 1. The van der Waals surface area contributed by atoms with Gasteiger partial charge >= 0.3 is 5.97 Å². The van der Waals surface area contributed by atoms with Gasteiger partial charge in [0.2, 0.25) is 0 Å². The molecule has 142 valence electrons. The average molecular weight is 388 g/mol. The second-order valence-electron chi connectivity index (χ2n) is 6.79. The van der Waals surface area contributed by atoms with Crippen molar-refractivity contribution in [3.05, 3.63) is 47.0 Å². The van der Waals surface area contributed by atoms with E-state index < -0.39 is 11.4 Å². The maximum absolute atomic E-state index is 12.6. The molecule has 3 rings (SSSR count). The van der Waals surface area contributed by atoms with Gasteiger partial charge in [0.05, 0.1) is 18.5 Å². The fourth-order valence-corrected chi connectivity index (χ4v) is 3.25. The lowest BCUT2D eigenvalue weighted by molar-refractivity contribution is 0.0516. The molecule has 0 spiro atoms. The summed E-state index contributed by atoms with van der Waals surface area (Å²) in [5.74, 6) is -0.471. The number of halogens is 1. The molecule has 3 aromatic heterocycles. The molecule has 27 heavy (non-hydrogen) atoms. The summed E-state index contributed by atoms with van der Waals surface area (Å²) in [5, 5.41) is 11.6. The van der Waals surface area contributed by atoms with Crippen LogP contribution in [0.3, 0.4) is 0 Å². The molecule has 0 saturated heterocycles. The number of carbonyl (C=O) groups excluding carboxylic acids is 1. The number of hydrogen-bond acceptors (Lipinski definition) is 5. The Morgan fingerprint density at radius 3 is 2.85 bits per heavy atom. The van der Waals surface area contributed by atoms with Crippen molar-refractivity contribution in [2.24, 2.45) is 0 Å². The number of esters is 1. The average Bonchev–Trinajstić information content (AvgIpc) is 3.27. The Bertz CT molecular complexity index is 989. The highest BCUT2D eigenvalue weighted by Crippen LogP contribution is 2.35. The molecule has 0 saturated carbocycles. The van der Waals surface area contributed by atoms with E-state index >= 15 is 0 Å². The number of H-pyrrole nitrogens is 1. The summed E-state index contributed by atoms with van der Waals surface area (Å²) in [6, 6.07) is 1.70. The van der Waals surface area contributed by atoms with E-state index in [1.54, 1.807) is 29.9 Å². The van der Waals surface area contributed by atoms with Crippen LogP contribution in [-0.2, 0) is 10.2 Å². The van der Waals surface area contributed by atoms with Crippen molar-refractivity contribution in [1.82, 2.24) is 24.8 Å². The molecule has 0 fully saturated rings. The number of allylic oxidation sites excluding steroid dienone is 2. The van der Waals surface area contributed by atoms with Gasteiger partial charge in [-0.2, -0.15) is 10.2 Å². The molecule has 0 aliphatic rings. The topological polar surface area (TPSA) is 85.2 Å². The van der Waals surface area contributed by atoms with Crippen molar-refractivity contribution in [3.63, 3.8) is 0 Å². The molecule has 0 aliphatic heterocycles. The van der Waals surface area contributed by atoms with Gasteiger partial charge in [-0.25, -0.2) is 14.3 Å². The first-order chi connectivity index (χ1) is 12.9. The minimum atomic E-state index is -0.471. The predicted molar refractivity (Wildman–Crippen MR) is 104 cm³/mol. The third-order valence-corrected chi connectivity index (χ3v) is 4.55. The fraction of sp³-hybridized carbons (Fsp3) is 0.368. The zero-order valence-corrected chi connectivity index (χ0v) is 16.5. The van der Waals surface area contributed by atoms with Gasteiger partial charge in [0, 0.05) is 23.4 Å². The number of carbonyl (C=O) groups is 1. The molecule has 1 N–H and O–H groups in total. The molecule has 3 aromatic rings. The van der Waals surface area contributed by atoms with Crippen LogP contribution in [0.4, 0.5) is 0 Å². The molecule has 3 heterocycles. The van der Waals surface area contributed by atoms with Crippen LogP contribution >= 0.6 is 11.6 Å². The highest BCUT2D eigenvalue weighted by Gasteiger charge is 2.33. The second-order valence-corrected chi connectivity index (χ2v) is 7.17. The van der Waals surface area contributed by atoms with Gasteiger partial charge in [-0.3, -0.25) is 5.10 Å². The summed E-state index contributed by atoms with van der Waals surface area (Å²) in [5.41, 5.74) is 2.59. The zero-order valence-electron chi connectivity index (χ0n) is 15.8. The number of nitrogens with zero attached hydrogens (tertiary/aromatic N) is 4. The summed E-state index contributed by atoms with van der Waals surface area (Å²) < 4.78 is 6.88. The van der Waals surface area contributed by atoms with Crippen LogP contribution < -0.4 is 0 Å². The zero-order chi connectivity index (χ0) is 19.6. The van der Waals surface area contributed by atoms with Crippen molar-refractivity contribution < 1.29 is 9.53 Å². The highest BCUT2D eigenvalue weighted by atomic mass is 35.5. The number of hydrogen-bond donors (Lipinski definition) is 1. The number of ether oxygens (including phenoxy) is 1. The molecule has 0 amide bonds. The summed E-state index contributed by atoms with van der Waals surface area (Å²) in [6.07, 6.45) is 8.16. The molecule has 0 bridgehead atoms. The van der Waals surface area contributed by atoms with Gasteiger partial charge in [0.1, 0.15) is 5.15 Å². The SMILES string of the molecule is C/C=C\CC(C)(C)c1c(C(=O)OCC)nn2c(-c3cn[nH]c3)cc(Cl)nc12. The molecule has 0 atom stereocenters. The molecule has 0 aromatic carbocycles. The van der Waals surface area contributed by atoms with Crippen molar-refractivity contribution in [2.75, 3.05) is 6.61 Å². The van der Waals surface area contributed by atoms with E-state index in [1.807, 2.05) is 26.8 Å². The van der Waals surface area contributed by atoms with Crippen LogP contribution in [-0.4, -0.2) is 37.4 Å². The van der Waals surface area contributed by atoms with E-state index in [9.17, 15) is 4.79 Å². The Morgan fingerprint density at radius 1 is 1.44 bits per heavy atom. The molecule has 0 aliphatic carbocycles. The van der Waals surface area contributed by atoms with Gasteiger partial charge in [-0.15, -0.1) is 0 Å². The van der Waals surface area contributed by atoms with E-state index in [0.717, 1.165) is 5.56 Å². The summed E-state index contributed by atoms with van der Waals surface area (Å²) in [6.45, 7) is 8.10. The molecule has 7 nitrogen and oxygen atoms in total. The van der Waals surface area contributed by atoms with E-state index in [0.29, 0.717) is 28.5 Å². The Kier molecular flexibility index (Phi) is 5.32. The Labute approximate surface area is 162 Å². The quantitative estimate of drug-likeness (QED) is 0.389. The van der Waals surface area contributed by atoms with Gasteiger partial charge in [-0.05, 0) is 25.7 Å². The summed E-state index contributed by atoms with van der Waals surface area (Å²) in [7, 11) is 0. The largest absolute Gasteiger partial charge is 0.461 e. The number of aromatic amines is 1. The van der Waals surface area contributed by atoms with Crippen molar-refractivity contribution in [1.29, 1.82) is 0 Å². The summed E-state index contributed by atoms with van der Waals surface area (Å²) >= 11 is 6.30. The summed E-state index contributed by atoms with van der Waals surface area (Å²) in [4.78, 5) is 17.1. The van der Waals surface area contributed by atoms with Crippen molar-refractivity contribution in [3.8, 4) is 11.3 Å². The normalized spacial score (nSPS) is 12.2. The maximum atomic E-state index is 12.6. The van der Waals surface area contributed by atoms with E-state index in [-0.39, 0.29) is 12.3 Å². The third-order valence-electron chi connectivity index (χ3n) is 4.36. The first-order valence-corrected chi connectivity index (χ1v) is 9.14. The van der Waals surface area contributed by atoms with Crippen LogP contribution in [0.2, 0.25) is 5.15 Å². The highest BCUT2D eigenvalue weighted by molar-refractivity contribution is 6.29. The number of rotatable bonds is 6. The first kappa shape index (κ1) is 19.1. The van der Waals surface area contributed by atoms with Crippen LogP contribution in [0.1, 0.15) is 50.2 Å². The second kappa shape index (κ2) is 7.52. The van der Waals surface area contributed by atoms with Crippen molar-refractivity contribution in [2.45, 2.75) is 39.5 Å². The Balaban J connectivity index is 2.33. The molecular formula is C19H22ClN5O2. The maximum Gasteiger partial charge on any atom is 0.359 e. The number of aromatic nitrogens is 5. The third kappa shape index (κ3) is 3.60. The smallest absolute Gasteiger partial charge is 0.359 e. The van der Waals surface area contributed by atoms with Gasteiger partial charge in [0.25, 0.3) is 0 Å². The van der Waals surface area contributed by atoms with Crippen molar-refractivity contribution >= 4 is 23.2 Å². The Morgan fingerprint density at radius 2 is 2.22 bits per heavy atom. The standard InChI is InChI=1S/C19H22ClN5O2/c1-5-7-8-19(3,4)15-16(18(26)27-6-2)24-25-13(12-10-21-22-11-12)9-14(20)23-17(15)25/h5,7,9-11H,6,8H2,1-4H3,(H,21,22)/b7-5-. The lowest BCUT2D eigenvalue weighted by Crippen LogP contribution is -2.21. The number of fused-ring (bicyclic) bond motifs is 1. The molecular weight excluding hydrogens is 366 g/mol. The first-order valence-electron chi connectivity index (χ1n) is 8.76. The lowest BCUT2D eigenvalue weighted by Gasteiger charge is -2.23. The monoisotopic (exact) mass is 387 g/mol. The minimum Gasteiger partial charge on any atom is -0.461 e. The van der Waals surface area contributed by atoms with Crippen LogP contribution in [0.15, 0.2) is 30.6 Å².